The van der Waals surface area contributed by atoms with Gasteiger partial charge in [0.05, 0.1) is 0 Å². The van der Waals surface area contributed by atoms with E-state index in [1.165, 1.54) is 21.7 Å². The molecule has 1 aromatic carbocycles. The van der Waals surface area contributed by atoms with Gasteiger partial charge in [0.1, 0.15) is 0 Å². The molecule has 0 saturated heterocycles. The molecular formula is C11H13NS. The van der Waals surface area contributed by atoms with Crippen molar-refractivity contribution >= 4 is 17.4 Å². The zero-order valence-corrected chi connectivity index (χ0v) is 8.74. The van der Waals surface area contributed by atoms with Gasteiger partial charge >= 0.3 is 0 Å². The Bertz CT molecular complexity index is 355. The Balaban J connectivity index is 2.37. The second-order valence-corrected chi connectivity index (χ2v) is 4.57. The molecule has 1 heterocycles. The van der Waals surface area contributed by atoms with Gasteiger partial charge in [-0.05, 0) is 30.4 Å². The van der Waals surface area contributed by atoms with E-state index in [1.54, 1.807) is 0 Å². The number of hydrogen-bond acceptors (Lipinski definition) is 2. The van der Waals surface area contributed by atoms with E-state index < -0.39 is 0 Å². The lowest BCUT2D eigenvalue weighted by molar-refractivity contribution is 1.35. The van der Waals surface area contributed by atoms with Crippen molar-refractivity contribution in [3.05, 3.63) is 40.4 Å². The van der Waals surface area contributed by atoms with E-state index in [-0.39, 0.29) is 0 Å². The Kier molecular flexibility index (Phi) is 2.32. The Morgan fingerprint density at radius 2 is 2.15 bits per heavy atom. The average molecular weight is 191 g/mol. The van der Waals surface area contributed by atoms with E-state index in [1.807, 2.05) is 11.8 Å². The van der Waals surface area contributed by atoms with E-state index in [0.29, 0.717) is 0 Å². The van der Waals surface area contributed by atoms with Crippen LogP contribution in [0.5, 0.6) is 0 Å². The van der Waals surface area contributed by atoms with Crippen molar-refractivity contribution in [2.75, 3.05) is 5.32 Å². The third-order valence-corrected chi connectivity index (χ3v) is 3.18. The molecule has 0 saturated carbocycles. The van der Waals surface area contributed by atoms with Crippen LogP contribution >= 0.6 is 11.8 Å². The highest BCUT2D eigenvalue weighted by molar-refractivity contribution is 8.02. The SMILES string of the molecule is CC1=CNc2ccc(C)cc2CS1. The third kappa shape index (κ3) is 1.89. The molecule has 1 aromatic rings. The van der Waals surface area contributed by atoms with Crippen LogP contribution in [0, 0.1) is 6.92 Å². The van der Waals surface area contributed by atoms with Gasteiger partial charge in [-0.2, -0.15) is 0 Å². The van der Waals surface area contributed by atoms with E-state index in [0.717, 1.165) is 5.75 Å². The largest absolute Gasteiger partial charge is 0.361 e. The molecule has 68 valence electrons. The van der Waals surface area contributed by atoms with Crippen molar-refractivity contribution in [1.29, 1.82) is 0 Å². The summed E-state index contributed by atoms with van der Waals surface area (Å²) in [6.45, 7) is 4.27. The van der Waals surface area contributed by atoms with Gasteiger partial charge in [-0.3, -0.25) is 0 Å². The van der Waals surface area contributed by atoms with Crippen LogP contribution in [0.2, 0.25) is 0 Å². The second kappa shape index (κ2) is 3.46. The fourth-order valence-electron chi connectivity index (χ4n) is 1.40. The minimum Gasteiger partial charge on any atom is -0.361 e. The molecule has 1 aliphatic rings. The van der Waals surface area contributed by atoms with Crippen LogP contribution in [-0.2, 0) is 5.75 Å². The summed E-state index contributed by atoms with van der Waals surface area (Å²) < 4.78 is 0. The molecule has 2 rings (SSSR count). The first-order valence-corrected chi connectivity index (χ1v) is 5.40. The molecule has 0 unspecified atom stereocenters. The maximum absolute atomic E-state index is 3.32. The van der Waals surface area contributed by atoms with Gasteiger partial charge in [0.25, 0.3) is 0 Å². The molecule has 0 spiro atoms. The van der Waals surface area contributed by atoms with Crippen LogP contribution < -0.4 is 5.32 Å². The number of fused-ring (bicyclic) bond motifs is 1. The van der Waals surface area contributed by atoms with E-state index >= 15 is 0 Å². The molecule has 0 fully saturated rings. The number of benzene rings is 1. The van der Waals surface area contributed by atoms with Gasteiger partial charge in [0, 0.05) is 17.6 Å². The lowest BCUT2D eigenvalue weighted by Gasteiger charge is -2.06. The van der Waals surface area contributed by atoms with Crippen LogP contribution in [-0.4, -0.2) is 0 Å². The number of rotatable bonds is 0. The van der Waals surface area contributed by atoms with Gasteiger partial charge < -0.3 is 5.32 Å². The molecule has 0 amide bonds. The van der Waals surface area contributed by atoms with Crippen molar-refractivity contribution in [1.82, 2.24) is 0 Å². The lowest BCUT2D eigenvalue weighted by Crippen LogP contribution is -1.91. The molecule has 1 nitrogen and oxygen atoms in total. The van der Waals surface area contributed by atoms with Crippen LogP contribution in [0.15, 0.2) is 29.3 Å². The summed E-state index contributed by atoms with van der Waals surface area (Å²) in [4.78, 5) is 1.34. The summed E-state index contributed by atoms with van der Waals surface area (Å²) in [7, 11) is 0. The summed E-state index contributed by atoms with van der Waals surface area (Å²) in [6, 6.07) is 6.55. The fourth-order valence-corrected chi connectivity index (χ4v) is 2.16. The van der Waals surface area contributed by atoms with Gasteiger partial charge in [-0.1, -0.05) is 17.7 Å². The number of allylic oxidation sites excluding steroid dienone is 1. The second-order valence-electron chi connectivity index (χ2n) is 3.35. The standard InChI is InChI=1S/C11H13NS/c1-8-3-4-11-10(5-8)7-13-9(2)6-12-11/h3-6,12H,7H2,1-2H3. The Labute approximate surface area is 83.2 Å². The van der Waals surface area contributed by atoms with Gasteiger partial charge in [-0.15, -0.1) is 11.8 Å². The maximum atomic E-state index is 3.32. The number of aryl methyl sites for hydroxylation is 1. The maximum Gasteiger partial charge on any atom is 0.0421 e. The fraction of sp³-hybridized carbons (Fsp3) is 0.273. The third-order valence-electron chi connectivity index (χ3n) is 2.15. The molecule has 0 bridgehead atoms. The zero-order valence-electron chi connectivity index (χ0n) is 7.92. The van der Waals surface area contributed by atoms with Crippen LogP contribution in [0.3, 0.4) is 0 Å². The molecule has 1 N–H and O–H groups in total. The van der Waals surface area contributed by atoms with Gasteiger partial charge in [-0.25, -0.2) is 0 Å². The molecule has 1 aliphatic heterocycles. The highest BCUT2D eigenvalue weighted by Crippen LogP contribution is 2.29. The quantitative estimate of drug-likeness (QED) is 0.673. The Morgan fingerprint density at radius 3 is 3.00 bits per heavy atom. The summed E-state index contributed by atoms with van der Waals surface area (Å²) >= 11 is 1.89. The van der Waals surface area contributed by atoms with Gasteiger partial charge in [0.15, 0.2) is 0 Å². The van der Waals surface area contributed by atoms with Crippen molar-refractivity contribution in [3.63, 3.8) is 0 Å². The van der Waals surface area contributed by atoms with E-state index in [4.69, 9.17) is 0 Å². The first-order chi connectivity index (χ1) is 6.25. The Morgan fingerprint density at radius 1 is 1.31 bits per heavy atom. The monoisotopic (exact) mass is 191 g/mol. The van der Waals surface area contributed by atoms with Crippen LogP contribution in [0.1, 0.15) is 18.1 Å². The summed E-state index contributed by atoms with van der Waals surface area (Å²) in [5, 5.41) is 3.32. The zero-order chi connectivity index (χ0) is 9.26. The number of thioether (sulfide) groups is 1. The topological polar surface area (TPSA) is 12.0 Å². The summed E-state index contributed by atoms with van der Waals surface area (Å²) in [5.41, 5.74) is 3.98. The highest BCUT2D eigenvalue weighted by Gasteiger charge is 2.06. The number of anilines is 1. The number of hydrogen-bond donors (Lipinski definition) is 1. The first kappa shape index (κ1) is 8.70. The molecule has 2 heteroatoms. The normalized spacial score (nSPS) is 15.4. The van der Waals surface area contributed by atoms with Crippen LogP contribution in [0.25, 0.3) is 0 Å². The summed E-state index contributed by atoms with van der Waals surface area (Å²) in [6.07, 6.45) is 2.08. The molecule has 0 radical (unpaired) electrons. The van der Waals surface area contributed by atoms with E-state index in [2.05, 4.69) is 43.6 Å². The average Bonchev–Trinajstić information content (AvgIpc) is 2.29. The molecule has 0 atom stereocenters. The van der Waals surface area contributed by atoms with Crippen LogP contribution in [0.4, 0.5) is 5.69 Å². The van der Waals surface area contributed by atoms with Crippen molar-refractivity contribution < 1.29 is 0 Å². The van der Waals surface area contributed by atoms with E-state index in [9.17, 15) is 0 Å². The molecule has 0 aromatic heterocycles. The lowest BCUT2D eigenvalue weighted by atomic mass is 10.1. The van der Waals surface area contributed by atoms with Crippen molar-refractivity contribution in [3.8, 4) is 0 Å². The molecular weight excluding hydrogens is 178 g/mol. The minimum atomic E-state index is 1.08. The summed E-state index contributed by atoms with van der Waals surface area (Å²) in [5.74, 6) is 1.08. The predicted octanol–water partition coefficient (Wildman–Crippen LogP) is 3.52. The Hall–Kier alpha value is -0.890. The highest BCUT2D eigenvalue weighted by atomic mass is 32.2. The molecule has 13 heavy (non-hydrogen) atoms. The predicted molar refractivity (Wildman–Crippen MR) is 59.9 cm³/mol. The minimum absolute atomic E-state index is 1.08. The van der Waals surface area contributed by atoms with Crippen molar-refractivity contribution in [2.45, 2.75) is 19.6 Å². The number of nitrogens with one attached hydrogen (secondary N) is 1. The smallest absolute Gasteiger partial charge is 0.0421 e. The van der Waals surface area contributed by atoms with Gasteiger partial charge in [0.2, 0.25) is 0 Å². The first-order valence-electron chi connectivity index (χ1n) is 4.41. The van der Waals surface area contributed by atoms with Crippen molar-refractivity contribution in [2.24, 2.45) is 0 Å². The molecule has 0 aliphatic carbocycles.